The number of carbonyl (C=O) groups is 3. The summed E-state index contributed by atoms with van der Waals surface area (Å²) < 4.78 is 0. The quantitative estimate of drug-likeness (QED) is 0.640. The maximum atomic E-state index is 13.1. The molecule has 0 saturated carbocycles. The first kappa shape index (κ1) is 23.8. The number of piperidine rings is 1. The lowest BCUT2D eigenvalue weighted by molar-refractivity contribution is -0.126. The van der Waals surface area contributed by atoms with E-state index in [1.165, 1.54) is 0 Å². The van der Waals surface area contributed by atoms with Gasteiger partial charge in [-0.3, -0.25) is 14.4 Å². The van der Waals surface area contributed by atoms with Gasteiger partial charge in [0.1, 0.15) is 0 Å². The second-order valence-electron chi connectivity index (χ2n) is 8.58. The maximum Gasteiger partial charge on any atom is 0.257 e. The van der Waals surface area contributed by atoms with Crippen LogP contribution in [0.1, 0.15) is 53.8 Å². The molecule has 1 fully saturated rings. The van der Waals surface area contributed by atoms with Gasteiger partial charge >= 0.3 is 0 Å². The summed E-state index contributed by atoms with van der Waals surface area (Å²) in [5, 5.41) is 6.16. The second-order valence-corrected chi connectivity index (χ2v) is 8.99. The largest absolute Gasteiger partial charge is 0.356 e. The Morgan fingerprint density at radius 1 is 1.12 bits per heavy atom. The monoisotopic (exact) mass is 455 g/mol. The van der Waals surface area contributed by atoms with Gasteiger partial charge in [0.05, 0.1) is 16.5 Å². The van der Waals surface area contributed by atoms with Gasteiger partial charge in [-0.2, -0.15) is 0 Å². The van der Waals surface area contributed by atoms with E-state index >= 15 is 0 Å². The molecule has 0 aliphatic carbocycles. The van der Waals surface area contributed by atoms with Crippen molar-refractivity contribution in [3.63, 3.8) is 0 Å². The highest BCUT2D eigenvalue weighted by Gasteiger charge is 2.29. The van der Waals surface area contributed by atoms with Gasteiger partial charge in [-0.25, -0.2) is 0 Å². The molecule has 1 heterocycles. The number of halogens is 1. The highest BCUT2D eigenvalue weighted by molar-refractivity contribution is 6.34. The minimum Gasteiger partial charge on any atom is -0.356 e. The molecule has 1 aliphatic heterocycles. The van der Waals surface area contributed by atoms with Gasteiger partial charge in [-0.15, -0.1) is 0 Å². The van der Waals surface area contributed by atoms with Crippen LogP contribution in [0, 0.1) is 11.8 Å². The van der Waals surface area contributed by atoms with Crippen molar-refractivity contribution in [2.24, 2.45) is 11.8 Å². The molecule has 0 aromatic heterocycles. The van der Waals surface area contributed by atoms with Crippen molar-refractivity contribution >= 4 is 35.0 Å². The second kappa shape index (κ2) is 11.1. The molecule has 3 rings (SSSR count). The number of likely N-dealkylation sites (tertiary alicyclic amines) is 1. The fourth-order valence-electron chi connectivity index (χ4n) is 3.76. The summed E-state index contributed by atoms with van der Waals surface area (Å²) in [7, 11) is 0. The number of amides is 3. The van der Waals surface area contributed by atoms with E-state index in [1.807, 2.05) is 0 Å². The molecule has 0 spiro atoms. The van der Waals surface area contributed by atoms with Crippen LogP contribution in [0.15, 0.2) is 48.5 Å². The van der Waals surface area contributed by atoms with Crippen molar-refractivity contribution in [1.29, 1.82) is 0 Å². The van der Waals surface area contributed by atoms with Crippen molar-refractivity contribution in [2.75, 3.05) is 25.0 Å². The van der Waals surface area contributed by atoms with E-state index in [1.54, 1.807) is 53.4 Å². The zero-order valence-corrected chi connectivity index (χ0v) is 19.3. The predicted octanol–water partition coefficient (Wildman–Crippen LogP) is 4.61. The molecule has 1 aliphatic rings. The third-order valence-electron chi connectivity index (χ3n) is 5.59. The molecule has 0 bridgehead atoms. The molecule has 0 unspecified atom stereocenters. The molecule has 0 radical (unpaired) electrons. The summed E-state index contributed by atoms with van der Waals surface area (Å²) in [6, 6.07) is 13.6. The van der Waals surface area contributed by atoms with Crippen molar-refractivity contribution in [2.45, 2.75) is 33.1 Å². The van der Waals surface area contributed by atoms with Crippen molar-refractivity contribution in [3.8, 4) is 0 Å². The summed E-state index contributed by atoms with van der Waals surface area (Å²) in [5.41, 5.74) is 1.36. The topological polar surface area (TPSA) is 78.5 Å². The molecule has 170 valence electrons. The van der Waals surface area contributed by atoms with Crippen LogP contribution in [0.4, 0.5) is 5.69 Å². The van der Waals surface area contributed by atoms with Crippen LogP contribution in [0.25, 0.3) is 0 Å². The van der Waals surface area contributed by atoms with Gasteiger partial charge in [0, 0.05) is 30.9 Å². The van der Waals surface area contributed by atoms with Gasteiger partial charge in [0.15, 0.2) is 0 Å². The van der Waals surface area contributed by atoms with Crippen LogP contribution in [-0.2, 0) is 4.79 Å². The first-order valence-electron chi connectivity index (χ1n) is 11.1. The molecular weight excluding hydrogens is 426 g/mol. The van der Waals surface area contributed by atoms with Crippen molar-refractivity contribution in [3.05, 3.63) is 64.7 Å². The fraction of sp³-hybridized carbons (Fsp3) is 0.400. The lowest BCUT2D eigenvalue weighted by Gasteiger charge is -2.32. The van der Waals surface area contributed by atoms with Crippen LogP contribution >= 0.6 is 11.6 Å². The average molecular weight is 456 g/mol. The number of nitrogens with zero attached hydrogens (tertiary/aromatic N) is 1. The number of nitrogens with one attached hydrogen (secondary N) is 2. The van der Waals surface area contributed by atoms with Gasteiger partial charge < -0.3 is 15.5 Å². The fourth-order valence-corrected chi connectivity index (χ4v) is 3.98. The summed E-state index contributed by atoms with van der Waals surface area (Å²) in [6.45, 7) is 5.93. The Morgan fingerprint density at radius 2 is 1.91 bits per heavy atom. The molecule has 2 N–H and O–H groups in total. The predicted molar refractivity (Wildman–Crippen MR) is 127 cm³/mol. The van der Waals surface area contributed by atoms with Crippen LogP contribution < -0.4 is 10.6 Å². The Morgan fingerprint density at radius 3 is 2.66 bits per heavy atom. The summed E-state index contributed by atoms with van der Waals surface area (Å²) in [6.07, 6.45) is 2.51. The van der Waals surface area contributed by atoms with Crippen molar-refractivity contribution in [1.82, 2.24) is 10.2 Å². The molecule has 1 atom stereocenters. The number of hydrogen-bond acceptors (Lipinski definition) is 3. The first-order valence-corrected chi connectivity index (χ1v) is 11.5. The van der Waals surface area contributed by atoms with E-state index in [9.17, 15) is 14.4 Å². The Bertz CT molecular complexity index is 976. The minimum atomic E-state index is -0.337. The lowest BCUT2D eigenvalue weighted by atomic mass is 9.96. The number of carbonyl (C=O) groups excluding carboxylic acids is 3. The van der Waals surface area contributed by atoms with E-state index in [2.05, 4.69) is 24.5 Å². The Kier molecular flexibility index (Phi) is 8.28. The molecule has 3 amide bonds. The van der Waals surface area contributed by atoms with Gasteiger partial charge in [0.25, 0.3) is 11.8 Å². The van der Waals surface area contributed by atoms with E-state index < -0.39 is 0 Å². The first-order chi connectivity index (χ1) is 15.3. The number of hydrogen-bond donors (Lipinski definition) is 2. The summed E-state index contributed by atoms with van der Waals surface area (Å²) in [4.78, 5) is 39.9. The SMILES string of the molecule is CC(C)CCNC(=O)[C@H]1CCCN(C(=O)c2cccc(NC(=O)c3ccccc3Cl)c2)C1. The highest BCUT2D eigenvalue weighted by atomic mass is 35.5. The molecular formula is C25H30ClN3O3. The van der Waals surface area contributed by atoms with Gasteiger partial charge in [-0.05, 0) is 55.5 Å². The van der Waals surface area contributed by atoms with Gasteiger partial charge in [-0.1, -0.05) is 43.6 Å². The third-order valence-corrected chi connectivity index (χ3v) is 5.92. The van der Waals surface area contributed by atoms with E-state index in [-0.39, 0.29) is 23.6 Å². The molecule has 1 saturated heterocycles. The highest BCUT2D eigenvalue weighted by Crippen LogP contribution is 2.22. The number of benzene rings is 2. The van der Waals surface area contributed by atoms with Crippen LogP contribution in [0.5, 0.6) is 0 Å². The molecule has 2 aromatic carbocycles. The normalized spacial score (nSPS) is 16.0. The van der Waals surface area contributed by atoms with E-state index in [4.69, 9.17) is 11.6 Å². The lowest BCUT2D eigenvalue weighted by Crippen LogP contribution is -2.45. The van der Waals surface area contributed by atoms with Crippen LogP contribution in [0.2, 0.25) is 5.02 Å². The standard InChI is InChI=1S/C25H30ClN3O3/c1-17(2)12-13-27-23(30)19-8-6-14-29(16-19)25(32)18-7-5-9-20(15-18)28-24(31)21-10-3-4-11-22(21)26/h3-5,7,9-11,15,17,19H,6,8,12-14,16H2,1-2H3,(H,27,30)(H,28,31)/t19-/m0/s1. The van der Waals surface area contributed by atoms with E-state index in [0.29, 0.717) is 47.4 Å². The number of anilines is 1. The molecule has 32 heavy (non-hydrogen) atoms. The molecule has 7 heteroatoms. The van der Waals surface area contributed by atoms with Crippen LogP contribution in [0.3, 0.4) is 0 Å². The summed E-state index contributed by atoms with van der Waals surface area (Å²) >= 11 is 6.10. The van der Waals surface area contributed by atoms with Crippen molar-refractivity contribution < 1.29 is 14.4 Å². The minimum absolute atomic E-state index is 0.0175. The average Bonchev–Trinajstić information content (AvgIpc) is 2.78. The summed E-state index contributed by atoms with van der Waals surface area (Å²) in [5.74, 6) is -0.118. The number of rotatable bonds is 7. The Balaban J connectivity index is 1.63. The molecule has 6 nitrogen and oxygen atoms in total. The zero-order chi connectivity index (χ0) is 23.1. The van der Waals surface area contributed by atoms with Crippen LogP contribution in [-0.4, -0.2) is 42.3 Å². The Labute approximate surface area is 194 Å². The van der Waals surface area contributed by atoms with Gasteiger partial charge in [0.2, 0.25) is 5.91 Å². The zero-order valence-electron chi connectivity index (χ0n) is 18.6. The molecule has 2 aromatic rings. The van der Waals surface area contributed by atoms with E-state index in [0.717, 1.165) is 19.3 Å². The third kappa shape index (κ3) is 6.33. The smallest absolute Gasteiger partial charge is 0.257 e. The Hall–Kier alpha value is -2.86. The maximum absolute atomic E-state index is 13.1.